The van der Waals surface area contributed by atoms with E-state index in [1.165, 1.54) is 23.3 Å². The van der Waals surface area contributed by atoms with Gasteiger partial charge >= 0.3 is 0 Å². The van der Waals surface area contributed by atoms with Crippen molar-refractivity contribution in [3.63, 3.8) is 0 Å². The van der Waals surface area contributed by atoms with Crippen LogP contribution in [-0.4, -0.2) is 23.9 Å². The number of nitrogens with zero attached hydrogens (tertiary/aromatic N) is 1. The number of para-hydroxylation sites is 2. The van der Waals surface area contributed by atoms with Gasteiger partial charge in [0, 0.05) is 10.4 Å². The highest BCUT2D eigenvalue weighted by atomic mass is 32.1. The third kappa shape index (κ3) is 3.19. The number of benzene rings is 2. The van der Waals surface area contributed by atoms with E-state index in [-0.39, 0.29) is 11.3 Å². The molecule has 1 atom stereocenters. The SMILES string of the molecule is COc1ccccc1N1C(=O)C(=O)/C(=C(\O)c2cc(C)ccc2C)C1c1cccs1. The van der Waals surface area contributed by atoms with Crippen LogP contribution in [0.2, 0.25) is 0 Å². The molecule has 1 N–H and O–H groups in total. The second-order valence-electron chi connectivity index (χ2n) is 7.17. The molecule has 152 valence electrons. The lowest BCUT2D eigenvalue weighted by Crippen LogP contribution is -2.29. The highest BCUT2D eigenvalue weighted by Crippen LogP contribution is 2.46. The second kappa shape index (κ2) is 7.80. The van der Waals surface area contributed by atoms with Crippen LogP contribution in [0, 0.1) is 13.8 Å². The number of carbonyl (C=O) groups excluding carboxylic acids is 2. The summed E-state index contributed by atoms with van der Waals surface area (Å²) in [4.78, 5) is 28.5. The zero-order valence-corrected chi connectivity index (χ0v) is 17.7. The summed E-state index contributed by atoms with van der Waals surface area (Å²) in [6.45, 7) is 3.78. The molecule has 30 heavy (non-hydrogen) atoms. The summed E-state index contributed by atoms with van der Waals surface area (Å²) >= 11 is 1.43. The molecule has 0 spiro atoms. The van der Waals surface area contributed by atoms with E-state index in [1.54, 1.807) is 24.3 Å². The second-order valence-corrected chi connectivity index (χ2v) is 8.15. The van der Waals surface area contributed by atoms with Crippen LogP contribution in [0.3, 0.4) is 0 Å². The standard InChI is InChI=1S/C24H21NO4S/c1-14-10-11-15(2)16(13-14)22(26)20-21(19-9-6-12-30-19)25(24(28)23(20)27)17-7-4-5-8-18(17)29-3/h4-13,21,26H,1-3H3/b22-20-. The molecule has 1 fully saturated rings. The van der Waals surface area contributed by atoms with E-state index in [2.05, 4.69) is 0 Å². The fourth-order valence-corrected chi connectivity index (χ4v) is 4.59. The molecular formula is C24H21NO4S. The molecule has 3 aromatic rings. The van der Waals surface area contributed by atoms with Crippen LogP contribution in [-0.2, 0) is 9.59 Å². The number of Topliss-reactive ketones (excluding diaryl/α,β-unsaturated/α-hetero) is 1. The summed E-state index contributed by atoms with van der Waals surface area (Å²) in [6.07, 6.45) is 0. The molecular weight excluding hydrogens is 398 g/mol. The van der Waals surface area contributed by atoms with E-state index >= 15 is 0 Å². The summed E-state index contributed by atoms with van der Waals surface area (Å²) in [7, 11) is 1.52. The number of aliphatic hydroxyl groups is 1. The van der Waals surface area contributed by atoms with Gasteiger partial charge in [0.15, 0.2) is 0 Å². The van der Waals surface area contributed by atoms with Crippen LogP contribution < -0.4 is 9.64 Å². The van der Waals surface area contributed by atoms with Crippen molar-refractivity contribution in [1.29, 1.82) is 0 Å². The van der Waals surface area contributed by atoms with Crippen LogP contribution in [0.4, 0.5) is 5.69 Å². The van der Waals surface area contributed by atoms with Crippen molar-refractivity contribution in [2.75, 3.05) is 12.0 Å². The Labute approximate surface area is 178 Å². The van der Waals surface area contributed by atoms with E-state index in [0.717, 1.165) is 16.0 Å². The number of aryl methyl sites for hydroxylation is 2. The minimum atomic E-state index is -0.735. The van der Waals surface area contributed by atoms with Crippen LogP contribution in [0.1, 0.15) is 27.6 Å². The third-order valence-electron chi connectivity index (χ3n) is 5.25. The summed E-state index contributed by atoms with van der Waals surface area (Å²) in [5, 5.41) is 13.1. The lowest BCUT2D eigenvalue weighted by molar-refractivity contribution is -0.132. The average Bonchev–Trinajstić information content (AvgIpc) is 3.36. The highest BCUT2D eigenvalue weighted by Gasteiger charge is 2.48. The first-order valence-corrected chi connectivity index (χ1v) is 10.4. The first-order valence-electron chi connectivity index (χ1n) is 9.49. The summed E-state index contributed by atoms with van der Waals surface area (Å²) in [6, 6.07) is 15.7. The molecule has 0 bridgehead atoms. The molecule has 5 nitrogen and oxygen atoms in total. The Hall–Kier alpha value is -3.38. The number of hydrogen-bond acceptors (Lipinski definition) is 5. The number of aliphatic hydroxyl groups excluding tert-OH is 1. The number of carbonyl (C=O) groups is 2. The zero-order chi connectivity index (χ0) is 21.4. The quantitative estimate of drug-likeness (QED) is 0.367. The van der Waals surface area contributed by atoms with Gasteiger partial charge in [-0.1, -0.05) is 35.9 Å². The number of amides is 1. The molecule has 2 heterocycles. The molecule has 1 saturated heterocycles. The predicted octanol–water partition coefficient (Wildman–Crippen LogP) is 5.00. The van der Waals surface area contributed by atoms with Gasteiger partial charge < -0.3 is 9.84 Å². The van der Waals surface area contributed by atoms with Gasteiger partial charge in [0.1, 0.15) is 17.6 Å². The number of rotatable bonds is 4. The first kappa shape index (κ1) is 19.9. The zero-order valence-electron chi connectivity index (χ0n) is 16.9. The summed E-state index contributed by atoms with van der Waals surface area (Å²) in [5.74, 6) is -1.08. The molecule has 0 saturated carbocycles. The van der Waals surface area contributed by atoms with Gasteiger partial charge in [-0.3, -0.25) is 14.5 Å². The maximum atomic E-state index is 13.2. The largest absolute Gasteiger partial charge is 0.507 e. The highest BCUT2D eigenvalue weighted by molar-refractivity contribution is 7.10. The molecule has 0 radical (unpaired) electrons. The van der Waals surface area contributed by atoms with Gasteiger partial charge in [0.25, 0.3) is 11.7 Å². The Morgan fingerprint density at radius 1 is 1.07 bits per heavy atom. The monoisotopic (exact) mass is 419 g/mol. The third-order valence-corrected chi connectivity index (χ3v) is 6.17. The molecule has 6 heteroatoms. The molecule has 1 unspecified atom stereocenters. The number of hydrogen-bond donors (Lipinski definition) is 1. The topological polar surface area (TPSA) is 66.8 Å². The molecule has 1 aliphatic heterocycles. The summed E-state index contributed by atoms with van der Waals surface area (Å²) < 4.78 is 5.44. The minimum Gasteiger partial charge on any atom is -0.507 e. The number of thiophene rings is 1. The van der Waals surface area contributed by atoms with Gasteiger partial charge in [0.05, 0.1) is 18.4 Å². The maximum Gasteiger partial charge on any atom is 0.300 e. The van der Waals surface area contributed by atoms with Crippen molar-refractivity contribution < 1.29 is 19.4 Å². The van der Waals surface area contributed by atoms with E-state index in [4.69, 9.17) is 4.74 Å². The smallest absolute Gasteiger partial charge is 0.300 e. The number of methoxy groups -OCH3 is 1. The molecule has 1 aromatic heterocycles. The fourth-order valence-electron chi connectivity index (χ4n) is 3.76. The molecule has 1 amide bonds. The fraction of sp³-hybridized carbons (Fsp3) is 0.167. The van der Waals surface area contributed by atoms with Gasteiger partial charge in [-0.15, -0.1) is 11.3 Å². The van der Waals surface area contributed by atoms with Crippen molar-refractivity contribution in [1.82, 2.24) is 0 Å². The average molecular weight is 420 g/mol. The predicted molar refractivity (Wildman–Crippen MR) is 118 cm³/mol. The van der Waals surface area contributed by atoms with Crippen molar-refractivity contribution >= 4 is 34.5 Å². The van der Waals surface area contributed by atoms with Gasteiger partial charge in [0.2, 0.25) is 0 Å². The summed E-state index contributed by atoms with van der Waals surface area (Å²) in [5.41, 5.74) is 2.90. The molecule has 4 rings (SSSR count). The minimum absolute atomic E-state index is 0.0852. The number of ketones is 1. The molecule has 1 aliphatic rings. The molecule has 0 aliphatic carbocycles. The van der Waals surface area contributed by atoms with E-state index in [9.17, 15) is 14.7 Å². The lowest BCUT2D eigenvalue weighted by atomic mass is 9.96. The normalized spacial score (nSPS) is 18.1. The van der Waals surface area contributed by atoms with Gasteiger partial charge in [-0.2, -0.15) is 0 Å². The van der Waals surface area contributed by atoms with E-state index < -0.39 is 17.7 Å². The Bertz CT molecular complexity index is 1160. The van der Waals surface area contributed by atoms with Crippen molar-refractivity contribution in [2.45, 2.75) is 19.9 Å². The van der Waals surface area contributed by atoms with Crippen molar-refractivity contribution in [3.8, 4) is 5.75 Å². The van der Waals surface area contributed by atoms with Crippen molar-refractivity contribution in [2.24, 2.45) is 0 Å². The van der Waals surface area contributed by atoms with E-state index in [0.29, 0.717) is 17.0 Å². The Balaban J connectivity index is 1.98. The van der Waals surface area contributed by atoms with Crippen LogP contribution >= 0.6 is 11.3 Å². The Morgan fingerprint density at radius 2 is 1.83 bits per heavy atom. The Morgan fingerprint density at radius 3 is 2.53 bits per heavy atom. The van der Waals surface area contributed by atoms with Gasteiger partial charge in [-0.25, -0.2) is 0 Å². The first-order chi connectivity index (χ1) is 14.4. The van der Waals surface area contributed by atoms with Crippen LogP contribution in [0.5, 0.6) is 5.75 Å². The van der Waals surface area contributed by atoms with Gasteiger partial charge in [-0.05, 0) is 49.1 Å². The van der Waals surface area contributed by atoms with Crippen LogP contribution in [0.25, 0.3) is 5.76 Å². The Kier molecular flexibility index (Phi) is 5.18. The maximum absolute atomic E-state index is 13.2. The van der Waals surface area contributed by atoms with E-state index in [1.807, 2.05) is 49.6 Å². The molecule has 2 aromatic carbocycles. The number of anilines is 1. The lowest BCUT2D eigenvalue weighted by Gasteiger charge is -2.25. The number of ether oxygens (including phenoxy) is 1. The van der Waals surface area contributed by atoms with Crippen LogP contribution in [0.15, 0.2) is 65.6 Å². The van der Waals surface area contributed by atoms with Crippen molar-refractivity contribution in [3.05, 3.63) is 87.1 Å².